The van der Waals surface area contributed by atoms with E-state index < -0.39 is 17.8 Å². The van der Waals surface area contributed by atoms with Crippen molar-refractivity contribution in [1.82, 2.24) is 14.3 Å². The number of carbonyl (C=O) groups excluding carboxylic acids is 3. The van der Waals surface area contributed by atoms with Crippen LogP contribution < -0.4 is 4.80 Å². The molecule has 0 saturated carbocycles. The van der Waals surface area contributed by atoms with E-state index in [-0.39, 0.29) is 13.2 Å². The average Bonchev–Trinajstić information content (AvgIpc) is 3.27. The molecule has 0 N–H and O–H groups in total. The third-order valence-electron chi connectivity index (χ3n) is 4.33. The second-order valence-corrected chi connectivity index (χ2v) is 7.36. The van der Waals surface area contributed by atoms with Crippen LogP contribution in [0.1, 0.15) is 40.4 Å². The van der Waals surface area contributed by atoms with Crippen LogP contribution in [0.15, 0.2) is 29.3 Å². The van der Waals surface area contributed by atoms with Crippen LogP contribution in [0, 0.1) is 6.92 Å². The van der Waals surface area contributed by atoms with Gasteiger partial charge in [-0.3, -0.25) is 14.3 Å². The molecule has 0 fully saturated rings. The zero-order valence-corrected chi connectivity index (χ0v) is 18.0. The number of ether oxygens (including phenoxy) is 2. The van der Waals surface area contributed by atoms with Crippen LogP contribution in [0.5, 0.6) is 0 Å². The van der Waals surface area contributed by atoms with Crippen LogP contribution in [0.4, 0.5) is 0 Å². The summed E-state index contributed by atoms with van der Waals surface area (Å²) in [5, 5.41) is 4.27. The Labute approximate surface area is 176 Å². The van der Waals surface area contributed by atoms with Crippen LogP contribution in [0.3, 0.4) is 0 Å². The number of amides is 1. The predicted octanol–water partition coefficient (Wildman–Crippen LogP) is 2.32. The smallest absolute Gasteiger partial charge is 0.338 e. The molecule has 0 atom stereocenters. The number of esters is 2. The fraction of sp³-hybridized carbons (Fsp3) is 0.350. The quantitative estimate of drug-likeness (QED) is 0.556. The number of hydrogen-bond donors (Lipinski definition) is 0. The monoisotopic (exact) mass is 430 g/mol. The molecular formula is C20H22N4O5S. The minimum atomic E-state index is -0.479. The SMILES string of the molecule is CCOC(=O)c1ccc2c(c1)sc(=NC(=O)c1cc(C)nn1CC)n2CC(=O)OC. The standard InChI is InChI=1S/C20H22N4O5S/c1-5-24-15(9-12(3)22-24)18(26)21-20-23(11-17(25)28-4)14-8-7-13(10-16(14)30-20)19(27)29-6-2/h7-10H,5-6,11H2,1-4H3. The first kappa shape index (κ1) is 21.4. The van der Waals surface area contributed by atoms with Gasteiger partial charge in [-0.2, -0.15) is 10.1 Å². The number of methoxy groups -OCH3 is 1. The first-order valence-corrected chi connectivity index (χ1v) is 10.2. The Hall–Kier alpha value is -3.27. The van der Waals surface area contributed by atoms with E-state index in [1.54, 1.807) is 47.4 Å². The number of benzene rings is 1. The molecule has 3 aromatic rings. The summed E-state index contributed by atoms with van der Waals surface area (Å²) < 4.78 is 13.7. The fourth-order valence-corrected chi connectivity index (χ4v) is 4.02. The molecule has 9 nitrogen and oxygen atoms in total. The molecule has 0 unspecified atom stereocenters. The van der Waals surface area contributed by atoms with E-state index in [2.05, 4.69) is 10.1 Å². The molecule has 2 aromatic heterocycles. The van der Waals surface area contributed by atoms with Crippen molar-refractivity contribution in [2.24, 2.45) is 4.99 Å². The molecule has 0 aliphatic heterocycles. The predicted molar refractivity (Wildman–Crippen MR) is 110 cm³/mol. The number of aryl methyl sites for hydroxylation is 2. The first-order valence-electron chi connectivity index (χ1n) is 9.38. The van der Waals surface area contributed by atoms with Gasteiger partial charge in [-0.05, 0) is 45.0 Å². The van der Waals surface area contributed by atoms with Crippen LogP contribution in [0.2, 0.25) is 0 Å². The molecule has 10 heteroatoms. The van der Waals surface area contributed by atoms with Gasteiger partial charge in [-0.25, -0.2) is 4.79 Å². The van der Waals surface area contributed by atoms with Crippen molar-refractivity contribution in [3.05, 3.63) is 46.0 Å². The highest BCUT2D eigenvalue weighted by Crippen LogP contribution is 2.20. The molecule has 1 amide bonds. The highest BCUT2D eigenvalue weighted by molar-refractivity contribution is 7.16. The number of carbonyl (C=O) groups is 3. The lowest BCUT2D eigenvalue weighted by atomic mass is 10.2. The molecule has 0 bridgehead atoms. The van der Waals surface area contributed by atoms with Crippen molar-refractivity contribution in [3.63, 3.8) is 0 Å². The van der Waals surface area contributed by atoms with Crippen molar-refractivity contribution >= 4 is 39.4 Å². The highest BCUT2D eigenvalue weighted by Gasteiger charge is 2.17. The number of hydrogen-bond acceptors (Lipinski definition) is 7. The second kappa shape index (κ2) is 9.04. The van der Waals surface area contributed by atoms with Crippen LogP contribution in [0.25, 0.3) is 10.2 Å². The third kappa shape index (κ3) is 4.33. The van der Waals surface area contributed by atoms with Gasteiger partial charge in [0.05, 0.1) is 35.2 Å². The molecular weight excluding hydrogens is 408 g/mol. The zero-order chi connectivity index (χ0) is 21.8. The van der Waals surface area contributed by atoms with E-state index in [0.29, 0.717) is 38.5 Å². The molecule has 0 aliphatic rings. The molecule has 2 heterocycles. The van der Waals surface area contributed by atoms with Crippen molar-refractivity contribution in [3.8, 4) is 0 Å². The Balaban J connectivity index is 2.14. The Morgan fingerprint density at radius 1 is 1.20 bits per heavy atom. The molecule has 1 aromatic carbocycles. The number of rotatable bonds is 6. The fourth-order valence-electron chi connectivity index (χ4n) is 2.95. The lowest BCUT2D eigenvalue weighted by Crippen LogP contribution is -2.23. The van der Waals surface area contributed by atoms with Crippen LogP contribution >= 0.6 is 11.3 Å². The summed E-state index contributed by atoms with van der Waals surface area (Å²) in [4.78, 5) is 41.4. The minimum absolute atomic E-state index is 0.118. The molecule has 0 aliphatic carbocycles. The largest absolute Gasteiger partial charge is 0.468 e. The van der Waals surface area contributed by atoms with Gasteiger partial charge < -0.3 is 14.0 Å². The molecule has 0 radical (unpaired) electrons. The summed E-state index contributed by atoms with van der Waals surface area (Å²) in [6.45, 7) is 6.10. The molecule has 3 rings (SSSR count). The van der Waals surface area contributed by atoms with Gasteiger partial charge in [-0.15, -0.1) is 0 Å². The molecule has 0 spiro atoms. The van der Waals surface area contributed by atoms with Crippen molar-refractivity contribution < 1.29 is 23.9 Å². The first-order chi connectivity index (χ1) is 14.4. The summed E-state index contributed by atoms with van der Waals surface area (Å²) in [5.41, 5.74) is 2.12. The number of aromatic nitrogens is 3. The number of nitrogens with zero attached hydrogens (tertiary/aromatic N) is 4. The summed E-state index contributed by atoms with van der Waals surface area (Å²) in [6, 6.07) is 6.65. The third-order valence-corrected chi connectivity index (χ3v) is 5.37. The summed E-state index contributed by atoms with van der Waals surface area (Å²) >= 11 is 1.20. The average molecular weight is 430 g/mol. The highest BCUT2D eigenvalue weighted by atomic mass is 32.1. The van der Waals surface area contributed by atoms with Crippen molar-refractivity contribution in [2.75, 3.05) is 13.7 Å². The maximum Gasteiger partial charge on any atom is 0.338 e. The van der Waals surface area contributed by atoms with Gasteiger partial charge in [-0.1, -0.05) is 11.3 Å². The summed E-state index contributed by atoms with van der Waals surface area (Å²) in [6.07, 6.45) is 0. The molecule has 158 valence electrons. The lowest BCUT2D eigenvalue weighted by Gasteiger charge is -2.05. The van der Waals surface area contributed by atoms with E-state index in [9.17, 15) is 14.4 Å². The van der Waals surface area contributed by atoms with Gasteiger partial charge in [0.25, 0.3) is 5.91 Å². The van der Waals surface area contributed by atoms with Gasteiger partial charge in [0.15, 0.2) is 4.80 Å². The van der Waals surface area contributed by atoms with Crippen molar-refractivity contribution in [2.45, 2.75) is 33.9 Å². The van der Waals surface area contributed by atoms with Gasteiger partial charge in [0, 0.05) is 6.54 Å². The van der Waals surface area contributed by atoms with E-state index in [4.69, 9.17) is 9.47 Å². The zero-order valence-electron chi connectivity index (χ0n) is 17.2. The Bertz CT molecular complexity index is 1190. The number of thiazole rings is 1. The summed E-state index contributed by atoms with van der Waals surface area (Å²) in [5.74, 6) is -1.38. The maximum atomic E-state index is 12.8. The second-order valence-electron chi connectivity index (χ2n) is 6.35. The van der Waals surface area contributed by atoms with Crippen molar-refractivity contribution in [1.29, 1.82) is 0 Å². The topological polar surface area (TPSA) is 105 Å². The van der Waals surface area contributed by atoms with E-state index in [1.165, 1.54) is 18.4 Å². The maximum absolute atomic E-state index is 12.8. The van der Waals surface area contributed by atoms with E-state index >= 15 is 0 Å². The summed E-state index contributed by atoms with van der Waals surface area (Å²) in [7, 11) is 1.29. The van der Waals surface area contributed by atoms with Gasteiger partial charge in [0.1, 0.15) is 12.2 Å². The Morgan fingerprint density at radius 2 is 1.97 bits per heavy atom. The van der Waals surface area contributed by atoms with Crippen LogP contribution in [-0.4, -0.2) is 45.9 Å². The number of fused-ring (bicyclic) bond motifs is 1. The Kier molecular flexibility index (Phi) is 6.46. The lowest BCUT2D eigenvalue weighted by molar-refractivity contribution is -0.141. The van der Waals surface area contributed by atoms with E-state index in [0.717, 1.165) is 0 Å². The normalized spacial score (nSPS) is 11.7. The Morgan fingerprint density at radius 3 is 2.63 bits per heavy atom. The minimum Gasteiger partial charge on any atom is -0.468 e. The van der Waals surface area contributed by atoms with Gasteiger partial charge >= 0.3 is 11.9 Å². The van der Waals surface area contributed by atoms with Gasteiger partial charge in [0.2, 0.25) is 0 Å². The van der Waals surface area contributed by atoms with Crippen LogP contribution in [-0.2, 0) is 27.4 Å². The van der Waals surface area contributed by atoms with E-state index in [1.807, 2.05) is 6.92 Å². The molecule has 0 saturated heterocycles. The molecule has 30 heavy (non-hydrogen) atoms.